The molecule has 1 amide bonds. The molecule has 1 aromatic heterocycles. The van der Waals surface area contributed by atoms with Crippen molar-refractivity contribution in [1.82, 2.24) is 10.3 Å². The summed E-state index contributed by atoms with van der Waals surface area (Å²) in [5.41, 5.74) is 3.19. The van der Waals surface area contributed by atoms with Gasteiger partial charge in [0.15, 0.2) is 0 Å². The monoisotopic (exact) mass is 370 g/mol. The zero-order chi connectivity index (χ0) is 17.6. The van der Waals surface area contributed by atoms with E-state index in [2.05, 4.69) is 10.3 Å². The number of benzene rings is 2. The van der Waals surface area contributed by atoms with E-state index in [9.17, 15) is 4.79 Å². The molecule has 0 bridgehead atoms. The summed E-state index contributed by atoms with van der Waals surface area (Å²) in [4.78, 5) is 16.5. The fourth-order valence-corrected chi connectivity index (χ4v) is 2.95. The fraction of sp³-hybridized carbons (Fsp3) is 0.100. The zero-order valence-corrected chi connectivity index (χ0v) is 14.9. The molecular weight excluding hydrogens is 355 g/mol. The van der Waals surface area contributed by atoms with Gasteiger partial charge in [-0.15, -0.1) is 0 Å². The molecule has 3 nitrogen and oxygen atoms in total. The minimum atomic E-state index is -0.120. The average molecular weight is 371 g/mol. The smallest absolute Gasteiger partial charge is 0.251 e. The minimum absolute atomic E-state index is 0.120. The van der Waals surface area contributed by atoms with Gasteiger partial charge in [-0.1, -0.05) is 53.5 Å². The van der Waals surface area contributed by atoms with Crippen LogP contribution in [-0.4, -0.2) is 17.4 Å². The SMILES string of the molecule is O=C(NCCc1ccccc1Cl)c1ccc(-c2ncccc2Cl)cc1. The van der Waals surface area contributed by atoms with Gasteiger partial charge in [0, 0.05) is 28.9 Å². The van der Waals surface area contributed by atoms with Crippen LogP contribution in [-0.2, 0) is 6.42 Å². The summed E-state index contributed by atoms with van der Waals surface area (Å²) in [6.07, 6.45) is 2.38. The molecule has 0 aliphatic rings. The normalized spacial score (nSPS) is 10.5. The quantitative estimate of drug-likeness (QED) is 0.684. The van der Waals surface area contributed by atoms with Crippen molar-refractivity contribution in [3.05, 3.63) is 88.0 Å². The van der Waals surface area contributed by atoms with Crippen LogP contribution in [0.25, 0.3) is 11.3 Å². The predicted molar refractivity (Wildman–Crippen MR) is 102 cm³/mol. The van der Waals surface area contributed by atoms with Crippen LogP contribution < -0.4 is 5.32 Å². The lowest BCUT2D eigenvalue weighted by molar-refractivity contribution is 0.0954. The molecule has 3 rings (SSSR count). The summed E-state index contributed by atoms with van der Waals surface area (Å²) < 4.78 is 0. The van der Waals surface area contributed by atoms with Crippen molar-refractivity contribution in [1.29, 1.82) is 0 Å². The molecule has 0 unspecified atom stereocenters. The highest BCUT2D eigenvalue weighted by Gasteiger charge is 2.08. The van der Waals surface area contributed by atoms with Gasteiger partial charge in [-0.25, -0.2) is 0 Å². The molecule has 0 saturated heterocycles. The highest BCUT2D eigenvalue weighted by molar-refractivity contribution is 6.33. The van der Waals surface area contributed by atoms with Crippen molar-refractivity contribution in [3.63, 3.8) is 0 Å². The lowest BCUT2D eigenvalue weighted by Crippen LogP contribution is -2.25. The molecule has 1 N–H and O–H groups in total. The Balaban J connectivity index is 1.61. The molecule has 3 aromatic rings. The van der Waals surface area contributed by atoms with E-state index in [1.807, 2.05) is 36.4 Å². The number of hydrogen-bond donors (Lipinski definition) is 1. The fourth-order valence-electron chi connectivity index (χ4n) is 2.49. The number of rotatable bonds is 5. The average Bonchev–Trinajstić information content (AvgIpc) is 2.64. The first-order chi connectivity index (χ1) is 12.1. The third-order valence-electron chi connectivity index (χ3n) is 3.82. The summed E-state index contributed by atoms with van der Waals surface area (Å²) in [7, 11) is 0. The van der Waals surface area contributed by atoms with E-state index in [4.69, 9.17) is 23.2 Å². The van der Waals surface area contributed by atoms with Gasteiger partial charge in [-0.3, -0.25) is 9.78 Å². The maximum atomic E-state index is 12.2. The van der Waals surface area contributed by atoms with Gasteiger partial charge in [0.2, 0.25) is 0 Å². The third-order valence-corrected chi connectivity index (χ3v) is 4.49. The lowest BCUT2D eigenvalue weighted by Gasteiger charge is -2.08. The van der Waals surface area contributed by atoms with Crippen LogP contribution in [0, 0.1) is 0 Å². The summed E-state index contributed by atoms with van der Waals surface area (Å²) in [5, 5.41) is 4.20. The van der Waals surface area contributed by atoms with Crippen LogP contribution in [0.15, 0.2) is 66.9 Å². The Kier molecular flexibility index (Phi) is 5.69. The van der Waals surface area contributed by atoms with Crippen LogP contribution in [0.1, 0.15) is 15.9 Å². The molecule has 2 aromatic carbocycles. The van der Waals surface area contributed by atoms with Crippen molar-refractivity contribution >= 4 is 29.1 Å². The first kappa shape index (κ1) is 17.5. The number of carbonyl (C=O) groups excluding carboxylic acids is 1. The Labute approximate surface area is 156 Å². The molecule has 0 aliphatic carbocycles. The summed E-state index contributed by atoms with van der Waals surface area (Å²) in [6.45, 7) is 0.524. The highest BCUT2D eigenvalue weighted by Crippen LogP contribution is 2.25. The Bertz CT molecular complexity index is 879. The van der Waals surface area contributed by atoms with Crippen LogP contribution in [0.2, 0.25) is 10.0 Å². The van der Waals surface area contributed by atoms with E-state index in [1.165, 1.54) is 0 Å². The van der Waals surface area contributed by atoms with Crippen LogP contribution in [0.4, 0.5) is 0 Å². The van der Waals surface area contributed by atoms with Gasteiger partial charge in [-0.2, -0.15) is 0 Å². The number of nitrogens with zero attached hydrogens (tertiary/aromatic N) is 1. The van der Waals surface area contributed by atoms with Gasteiger partial charge in [0.1, 0.15) is 0 Å². The molecule has 0 radical (unpaired) electrons. The molecule has 126 valence electrons. The highest BCUT2D eigenvalue weighted by atomic mass is 35.5. The number of aromatic nitrogens is 1. The predicted octanol–water partition coefficient (Wildman–Crippen LogP) is 5.03. The molecule has 25 heavy (non-hydrogen) atoms. The maximum Gasteiger partial charge on any atom is 0.251 e. The van der Waals surface area contributed by atoms with E-state index in [1.54, 1.807) is 30.5 Å². The van der Waals surface area contributed by atoms with Crippen molar-refractivity contribution in [3.8, 4) is 11.3 Å². The number of nitrogens with one attached hydrogen (secondary N) is 1. The van der Waals surface area contributed by atoms with Crippen LogP contribution in [0.5, 0.6) is 0 Å². The first-order valence-electron chi connectivity index (χ1n) is 7.88. The molecule has 0 saturated carbocycles. The molecule has 0 aliphatic heterocycles. The number of hydrogen-bond acceptors (Lipinski definition) is 2. The lowest BCUT2D eigenvalue weighted by atomic mass is 10.1. The van der Waals surface area contributed by atoms with E-state index in [-0.39, 0.29) is 5.91 Å². The summed E-state index contributed by atoms with van der Waals surface area (Å²) in [6, 6.07) is 18.4. The zero-order valence-electron chi connectivity index (χ0n) is 13.4. The Morgan fingerprint density at radius 3 is 2.36 bits per heavy atom. The summed E-state index contributed by atoms with van der Waals surface area (Å²) in [5.74, 6) is -0.120. The second-order valence-electron chi connectivity index (χ2n) is 5.51. The van der Waals surface area contributed by atoms with E-state index < -0.39 is 0 Å². The topological polar surface area (TPSA) is 42.0 Å². The van der Waals surface area contributed by atoms with E-state index in [0.29, 0.717) is 34.3 Å². The third kappa shape index (κ3) is 4.38. The molecule has 5 heteroatoms. The van der Waals surface area contributed by atoms with Gasteiger partial charge in [0.25, 0.3) is 5.91 Å². The summed E-state index contributed by atoms with van der Waals surface area (Å²) >= 11 is 12.3. The van der Waals surface area contributed by atoms with Crippen LogP contribution >= 0.6 is 23.2 Å². The Morgan fingerprint density at radius 1 is 0.920 bits per heavy atom. The van der Waals surface area contributed by atoms with Gasteiger partial charge >= 0.3 is 0 Å². The standard InChI is InChI=1S/C20H16Cl2N2O/c21-17-5-2-1-4-14(17)11-13-24-20(25)16-9-7-15(8-10-16)19-18(22)6-3-12-23-19/h1-10,12H,11,13H2,(H,24,25). The maximum absolute atomic E-state index is 12.2. The minimum Gasteiger partial charge on any atom is -0.352 e. The second-order valence-corrected chi connectivity index (χ2v) is 6.32. The first-order valence-corrected chi connectivity index (χ1v) is 8.63. The molecule has 0 fully saturated rings. The van der Waals surface area contributed by atoms with Gasteiger partial charge in [0.05, 0.1) is 10.7 Å². The van der Waals surface area contributed by atoms with Crippen molar-refractivity contribution in [2.75, 3.05) is 6.54 Å². The Morgan fingerprint density at radius 2 is 1.64 bits per heavy atom. The molecule has 1 heterocycles. The largest absolute Gasteiger partial charge is 0.352 e. The van der Waals surface area contributed by atoms with Crippen LogP contribution in [0.3, 0.4) is 0 Å². The second kappa shape index (κ2) is 8.15. The van der Waals surface area contributed by atoms with Gasteiger partial charge < -0.3 is 5.32 Å². The molecule has 0 atom stereocenters. The number of carbonyl (C=O) groups is 1. The van der Waals surface area contributed by atoms with Crippen molar-refractivity contribution < 1.29 is 4.79 Å². The van der Waals surface area contributed by atoms with Gasteiger partial charge in [-0.05, 0) is 42.3 Å². The van der Waals surface area contributed by atoms with E-state index in [0.717, 1.165) is 11.1 Å². The molecular formula is C20H16Cl2N2O. The number of amides is 1. The Hall–Kier alpha value is -2.36. The van der Waals surface area contributed by atoms with E-state index >= 15 is 0 Å². The number of pyridine rings is 1. The molecule has 0 spiro atoms. The van der Waals surface area contributed by atoms with Crippen molar-refractivity contribution in [2.24, 2.45) is 0 Å². The number of halogens is 2. The van der Waals surface area contributed by atoms with Crippen molar-refractivity contribution in [2.45, 2.75) is 6.42 Å².